The van der Waals surface area contributed by atoms with Crippen LogP contribution in [0.5, 0.6) is 5.75 Å². The number of dihydropyridines is 1. The molecule has 2 aromatic carbocycles. The Morgan fingerprint density at radius 2 is 1.76 bits per heavy atom. The number of hydrogen-bond acceptors (Lipinski definition) is 5. The molecule has 0 bridgehead atoms. The van der Waals surface area contributed by atoms with E-state index < -0.39 is 5.92 Å². The number of phenolic OH excluding ortho intramolecular Hbond substituents is 1. The van der Waals surface area contributed by atoms with E-state index in [9.17, 15) is 14.7 Å². The fourth-order valence-corrected chi connectivity index (χ4v) is 6.77. The van der Waals surface area contributed by atoms with Gasteiger partial charge in [-0.15, -0.1) is 0 Å². The van der Waals surface area contributed by atoms with Crippen molar-refractivity contribution in [1.29, 1.82) is 0 Å². The van der Waals surface area contributed by atoms with Gasteiger partial charge in [-0.25, -0.2) is 4.79 Å². The second-order valence-corrected chi connectivity index (χ2v) is 10.9. The van der Waals surface area contributed by atoms with Gasteiger partial charge in [0.15, 0.2) is 5.78 Å². The van der Waals surface area contributed by atoms with Crippen molar-refractivity contribution >= 4 is 11.8 Å². The van der Waals surface area contributed by atoms with E-state index in [1.165, 1.54) is 22.3 Å². The number of carbonyl (C=O) groups excluding carboxylic acids is 2. The summed E-state index contributed by atoms with van der Waals surface area (Å²) in [5.74, 6) is -0.661. The number of nitrogens with one attached hydrogen (secondary N) is 1. The Morgan fingerprint density at radius 3 is 2.41 bits per heavy atom. The van der Waals surface area contributed by atoms with Crippen LogP contribution in [0.1, 0.15) is 91.5 Å². The van der Waals surface area contributed by atoms with Crippen LogP contribution in [0.15, 0.2) is 58.9 Å². The molecule has 0 aromatic heterocycles. The van der Waals surface area contributed by atoms with Crippen LogP contribution in [0.3, 0.4) is 0 Å². The van der Waals surface area contributed by atoms with E-state index >= 15 is 0 Å². The van der Waals surface area contributed by atoms with Crippen molar-refractivity contribution in [3.63, 3.8) is 0 Å². The zero-order valence-corrected chi connectivity index (χ0v) is 22.3. The first-order chi connectivity index (χ1) is 17.8. The lowest BCUT2D eigenvalue weighted by molar-refractivity contribution is -0.144. The molecule has 1 fully saturated rings. The summed E-state index contributed by atoms with van der Waals surface area (Å²) in [5, 5.41) is 13.8. The highest BCUT2D eigenvalue weighted by Crippen LogP contribution is 2.47. The van der Waals surface area contributed by atoms with Crippen LogP contribution in [-0.4, -0.2) is 23.0 Å². The topological polar surface area (TPSA) is 75.6 Å². The van der Waals surface area contributed by atoms with Gasteiger partial charge < -0.3 is 15.2 Å². The number of ketones is 1. The van der Waals surface area contributed by atoms with Gasteiger partial charge in [0.05, 0.1) is 5.57 Å². The lowest BCUT2D eigenvalue weighted by Crippen LogP contribution is -2.37. The molecule has 1 heterocycles. The van der Waals surface area contributed by atoms with Crippen LogP contribution in [0.4, 0.5) is 0 Å². The predicted molar refractivity (Wildman–Crippen MR) is 144 cm³/mol. The second kappa shape index (κ2) is 10.2. The van der Waals surface area contributed by atoms with Gasteiger partial charge in [-0.1, -0.05) is 36.8 Å². The molecule has 5 rings (SSSR count). The number of Topliss-reactive ketones (excluding diaryl/α,β-unsaturated/α-hetero) is 1. The van der Waals surface area contributed by atoms with E-state index in [4.69, 9.17) is 4.74 Å². The van der Waals surface area contributed by atoms with Gasteiger partial charge in [-0.05, 0) is 99.6 Å². The zero-order valence-electron chi connectivity index (χ0n) is 22.3. The van der Waals surface area contributed by atoms with E-state index in [0.29, 0.717) is 30.4 Å². The summed E-state index contributed by atoms with van der Waals surface area (Å²) in [6.45, 7) is 8.38. The Kier molecular flexibility index (Phi) is 6.98. The maximum atomic E-state index is 13.9. The monoisotopic (exact) mass is 499 g/mol. The smallest absolute Gasteiger partial charge is 0.337 e. The summed E-state index contributed by atoms with van der Waals surface area (Å²) in [4.78, 5) is 27.6. The highest BCUT2D eigenvalue weighted by Gasteiger charge is 2.43. The standard InChI is InChI=1S/C32H37NO4/c1-5-25-31(32(36)37-24-11-6-7-12-24)29(21-9-8-10-23(34)15-21)30-26(33-25)16-22(17-27(30)35)28-19(3)13-18(2)14-20(28)4/h8-10,13-15,22,24,29,33-34H,5-7,11-12,16-17H2,1-4H3. The van der Waals surface area contributed by atoms with Crippen LogP contribution in [0.25, 0.3) is 0 Å². The predicted octanol–water partition coefficient (Wildman–Crippen LogP) is 6.55. The molecule has 1 aliphatic heterocycles. The number of aromatic hydroxyl groups is 1. The average molecular weight is 500 g/mol. The number of rotatable bonds is 5. The fourth-order valence-electron chi connectivity index (χ4n) is 6.77. The summed E-state index contributed by atoms with van der Waals surface area (Å²) >= 11 is 0. The first-order valence-corrected chi connectivity index (χ1v) is 13.6. The average Bonchev–Trinajstić information content (AvgIpc) is 3.35. The summed E-state index contributed by atoms with van der Waals surface area (Å²) in [6.07, 6.45) is 5.55. The lowest BCUT2D eigenvalue weighted by Gasteiger charge is -2.38. The molecule has 37 heavy (non-hydrogen) atoms. The van der Waals surface area contributed by atoms with Gasteiger partial charge in [0.1, 0.15) is 11.9 Å². The van der Waals surface area contributed by atoms with E-state index in [1.807, 2.05) is 13.0 Å². The third-order valence-electron chi connectivity index (χ3n) is 8.21. The van der Waals surface area contributed by atoms with Gasteiger partial charge >= 0.3 is 5.97 Å². The molecule has 3 aliphatic rings. The molecule has 2 aliphatic carbocycles. The van der Waals surface area contributed by atoms with Crippen molar-refractivity contribution in [1.82, 2.24) is 5.32 Å². The zero-order chi connectivity index (χ0) is 26.3. The first-order valence-electron chi connectivity index (χ1n) is 13.6. The largest absolute Gasteiger partial charge is 0.508 e. The van der Waals surface area contributed by atoms with Crippen molar-refractivity contribution in [2.75, 3.05) is 0 Å². The van der Waals surface area contributed by atoms with Crippen molar-refractivity contribution in [2.24, 2.45) is 0 Å². The van der Waals surface area contributed by atoms with Crippen molar-refractivity contribution < 1.29 is 19.4 Å². The molecule has 0 saturated heterocycles. The summed E-state index contributed by atoms with van der Waals surface area (Å²) < 4.78 is 5.98. The number of ether oxygens (including phenoxy) is 1. The van der Waals surface area contributed by atoms with Crippen LogP contribution >= 0.6 is 0 Å². The first kappa shape index (κ1) is 25.3. The molecule has 194 valence electrons. The third-order valence-corrected chi connectivity index (χ3v) is 8.21. The SMILES string of the molecule is CCC1=C(C(=O)OC2CCCC2)C(c2cccc(O)c2)C2=C(CC(c3c(C)cc(C)cc3C)CC2=O)N1. The molecular weight excluding hydrogens is 462 g/mol. The van der Waals surface area contributed by atoms with E-state index in [-0.39, 0.29) is 29.5 Å². The van der Waals surface area contributed by atoms with Gasteiger partial charge in [-0.2, -0.15) is 0 Å². The van der Waals surface area contributed by atoms with Crippen LogP contribution in [0.2, 0.25) is 0 Å². The van der Waals surface area contributed by atoms with Gasteiger partial charge in [0, 0.05) is 29.3 Å². The number of phenols is 1. The van der Waals surface area contributed by atoms with E-state index in [0.717, 1.165) is 42.6 Å². The van der Waals surface area contributed by atoms with Crippen LogP contribution in [-0.2, 0) is 14.3 Å². The Labute approximate surface area is 219 Å². The van der Waals surface area contributed by atoms with E-state index in [1.54, 1.807) is 18.2 Å². The molecule has 0 radical (unpaired) electrons. The minimum Gasteiger partial charge on any atom is -0.508 e. The van der Waals surface area contributed by atoms with Gasteiger partial charge in [0.25, 0.3) is 0 Å². The number of carbonyl (C=O) groups is 2. The molecule has 0 spiro atoms. The highest BCUT2D eigenvalue weighted by atomic mass is 16.5. The quantitative estimate of drug-likeness (QED) is 0.456. The molecule has 5 heteroatoms. The molecule has 2 N–H and O–H groups in total. The minimum atomic E-state index is -0.555. The number of aryl methyl sites for hydroxylation is 3. The molecule has 1 saturated carbocycles. The fraction of sp³-hybridized carbons (Fsp3) is 0.438. The molecule has 0 amide bonds. The molecule has 2 aromatic rings. The second-order valence-electron chi connectivity index (χ2n) is 10.9. The van der Waals surface area contributed by atoms with Crippen molar-refractivity contribution in [2.45, 2.75) is 90.6 Å². The Bertz CT molecular complexity index is 1290. The van der Waals surface area contributed by atoms with Crippen LogP contribution in [0, 0.1) is 20.8 Å². The molecule has 2 unspecified atom stereocenters. The van der Waals surface area contributed by atoms with Gasteiger partial charge in [-0.3, -0.25) is 4.79 Å². The number of hydrogen-bond donors (Lipinski definition) is 2. The molecule has 5 nitrogen and oxygen atoms in total. The maximum absolute atomic E-state index is 13.9. The molecular formula is C32H37NO4. The summed E-state index contributed by atoms with van der Waals surface area (Å²) in [7, 11) is 0. The minimum absolute atomic E-state index is 0.0489. The van der Waals surface area contributed by atoms with Crippen LogP contribution < -0.4 is 5.32 Å². The third kappa shape index (κ3) is 4.84. The van der Waals surface area contributed by atoms with Crippen molar-refractivity contribution in [3.05, 3.63) is 86.8 Å². The maximum Gasteiger partial charge on any atom is 0.337 e. The Balaban J connectivity index is 1.59. The Hall–Kier alpha value is -3.34. The molecule has 2 atom stereocenters. The number of benzene rings is 2. The summed E-state index contributed by atoms with van der Waals surface area (Å²) in [5.41, 5.74) is 8.49. The van der Waals surface area contributed by atoms with Crippen molar-refractivity contribution in [3.8, 4) is 5.75 Å². The highest BCUT2D eigenvalue weighted by molar-refractivity contribution is 6.04. The van der Waals surface area contributed by atoms with Gasteiger partial charge in [0.2, 0.25) is 0 Å². The number of allylic oxidation sites excluding steroid dienone is 3. The Morgan fingerprint density at radius 1 is 1.05 bits per heavy atom. The number of esters is 1. The summed E-state index contributed by atoms with van der Waals surface area (Å²) in [6, 6.07) is 11.3. The lowest BCUT2D eigenvalue weighted by atomic mass is 9.70. The normalized spacial score (nSPS) is 22.2. The van der Waals surface area contributed by atoms with E-state index in [2.05, 4.69) is 38.2 Å².